The van der Waals surface area contributed by atoms with Crippen LogP contribution in [-0.2, 0) is 0 Å². The first-order valence-corrected chi connectivity index (χ1v) is 8.23. The molecule has 0 saturated heterocycles. The molecule has 0 spiro atoms. The van der Waals surface area contributed by atoms with E-state index in [0.29, 0.717) is 0 Å². The standard InChI is InChI=1S/C16H18ClN3S.ClH/c17-15-7-5-14(6-8-15)4-1-9-18-10-3-13-21-16-19-11-2-12-20-16;/h1-2,4-8,11-12,18H,3,9-10,13H2;1H/p-1/b4-1+;. The van der Waals surface area contributed by atoms with Crippen LogP contribution in [0.1, 0.15) is 12.0 Å². The summed E-state index contributed by atoms with van der Waals surface area (Å²) in [4.78, 5) is 8.35. The van der Waals surface area contributed by atoms with E-state index >= 15 is 0 Å². The Balaban J connectivity index is 0.00000242. The number of rotatable bonds is 8. The average Bonchev–Trinajstić information content (AvgIpc) is 2.53. The maximum atomic E-state index is 5.84. The topological polar surface area (TPSA) is 37.8 Å². The molecule has 1 heterocycles. The van der Waals surface area contributed by atoms with Crippen LogP contribution in [0.4, 0.5) is 0 Å². The van der Waals surface area contributed by atoms with Crippen molar-refractivity contribution in [3.8, 4) is 0 Å². The van der Waals surface area contributed by atoms with Crippen molar-refractivity contribution in [1.82, 2.24) is 15.3 Å². The molecule has 0 aliphatic carbocycles. The highest BCUT2D eigenvalue weighted by atomic mass is 35.5. The summed E-state index contributed by atoms with van der Waals surface area (Å²) in [6.07, 6.45) is 8.86. The van der Waals surface area contributed by atoms with E-state index in [1.54, 1.807) is 24.2 Å². The third-order valence-electron chi connectivity index (χ3n) is 2.71. The Labute approximate surface area is 147 Å². The molecule has 0 saturated carbocycles. The number of nitrogens with zero attached hydrogens (tertiary/aromatic N) is 2. The predicted octanol–water partition coefficient (Wildman–Crippen LogP) is 0.919. The number of nitrogens with one attached hydrogen (secondary N) is 1. The molecule has 0 unspecified atom stereocenters. The predicted molar refractivity (Wildman–Crippen MR) is 90.7 cm³/mol. The van der Waals surface area contributed by atoms with Gasteiger partial charge in [0.2, 0.25) is 0 Å². The third kappa shape index (κ3) is 7.80. The molecule has 1 aromatic carbocycles. The van der Waals surface area contributed by atoms with E-state index in [0.717, 1.165) is 41.0 Å². The van der Waals surface area contributed by atoms with Crippen LogP contribution in [0.25, 0.3) is 6.08 Å². The van der Waals surface area contributed by atoms with E-state index in [1.807, 2.05) is 30.3 Å². The van der Waals surface area contributed by atoms with Gasteiger partial charge in [-0.25, -0.2) is 9.97 Å². The van der Waals surface area contributed by atoms with Crippen LogP contribution >= 0.6 is 23.4 Å². The second-order valence-corrected chi connectivity index (χ2v) is 5.89. The summed E-state index contributed by atoms with van der Waals surface area (Å²) < 4.78 is 0. The minimum atomic E-state index is 0. The van der Waals surface area contributed by atoms with Crippen LogP contribution in [0.3, 0.4) is 0 Å². The molecule has 6 heteroatoms. The molecule has 2 aromatic rings. The van der Waals surface area contributed by atoms with Crippen LogP contribution in [-0.4, -0.2) is 28.8 Å². The van der Waals surface area contributed by atoms with E-state index in [9.17, 15) is 0 Å². The Morgan fingerprint density at radius 2 is 1.86 bits per heavy atom. The summed E-state index contributed by atoms with van der Waals surface area (Å²) in [6, 6.07) is 9.65. The van der Waals surface area contributed by atoms with Gasteiger partial charge in [0.25, 0.3) is 0 Å². The molecular weight excluding hydrogens is 337 g/mol. The fraction of sp³-hybridized carbons (Fsp3) is 0.250. The Morgan fingerprint density at radius 3 is 2.59 bits per heavy atom. The van der Waals surface area contributed by atoms with Gasteiger partial charge >= 0.3 is 0 Å². The molecule has 0 radical (unpaired) electrons. The van der Waals surface area contributed by atoms with Gasteiger partial charge < -0.3 is 17.7 Å². The zero-order valence-electron chi connectivity index (χ0n) is 12.1. The summed E-state index contributed by atoms with van der Waals surface area (Å²) in [7, 11) is 0. The van der Waals surface area contributed by atoms with Crippen molar-refractivity contribution in [3.63, 3.8) is 0 Å². The van der Waals surface area contributed by atoms with Crippen LogP contribution < -0.4 is 17.7 Å². The van der Waals surface area contributed by atoms with Crippen molar-refractivity contribution in [2.24, 2.45) is 0 Å². The Hall–Kier alpha value is -1.07. The first kappa shape index (κ1) is 19.0. The lowest BCUT2D eigenvalue weighted by atomic mass is 10.2. The number of hydrogen-bond acceptors (Lipinski definition) is 4. The van der Waals surface area contributed by atoms with Gasteiger partial charge in [-0.3, -0.25) is 0 Å². The van der Waals surface area contributed by atoms with E-state index in [-0.39, 0.29) is 12.4 Å². The number of aromatic nitrogens is 2. The van der Waals surface area contributed by atoms with Gasteiger partial charge in [-0.2, -0.15) is 0 Å². The van der Waals surface area contributed by atoms with Crippen molar-refractivity contribution >= 4 is 29.4 Å². The molecule has 3 nitrogen and oxygen atoms in total. The number of thioether (sulfide) groups is 1. The van der Waals surface area contributed by atoms with E-state index in [2.05, 4.69) is 27.4 Å². The van der Waals surface area contributed by atoms with Gasteiger partial charge in [-0.05, 0) is 36.7 Å². The third-order valence-corrected chi connectivity index (χ3v) is 3.93. The number of halogens is 2. The molecule has 0 fully saturated rings. The Kier molecular flexibility index (Phi) is 9.91. The monoisotopic (exact) mass is 354 g/mol. The summed E-state index contributed by atoms with van der Waals surface area (Å²) in [6.45, 7) is 1.86. The summed E-state index contributed by atoms with van der Waals surface area (Å²) in [5.74, 6) is 1.03. The molecule has 118 valence electrons. The normalized spacial score (nSPS) is 10.6. The highest BCUT2D eigenvalue weighted by Gasteiger charge is 1.94. The quantitative estimate of drug-likeness (QED) is 0.434. The van der Waals surface area contributed by atoms with Gasteiger partial charge in [-0.1, -0.05) is 47.6 Å². The fourth-order valence-electron chi connectivity index (χ4n) is 1.67. The second kappa shape index (κ2) is 11.5. The molecule has 2 rings (SSSR count). The summed E-state index contributed by atoms with van der Waals surface area (Å²) in [5, 5.41) is 5.00. The van der Waals surface area contributed by atoms with Gasteiger partial charge in [0.15, 0.2) is 5.16 Å². The minimum absolute atomic E-state index is 0. The summed E-state index contributed by atoms with van der Waals surface area (Å²) >= 11 is 7.53. The lowest BCUT2D eigenvalue weighted by Gasteiger charge is -2.01. The van der Waals surface area contributed by atoms with Crippen molar-refractivity contribution in [2.75, 3.05) is 18.8 Å². The van der Waals surface area contributed by atoms with Crippen LogP contribution in [0.15, 0.2) is 54.0 Å². The van der Waals surface area contributed by atoms with Gasteiger partial charge in [0, 0.05) is 29.7 Å². The highest BCUT2D eigenvalue weighted by Crippen LogP contribution is 2.11. The summed E-state index contributed by atoms with van der Waals surface area (Å²) in [5.41, 5.74) is 1.16. The van der Waals surface area contributed by atoms with Crippen molar-refractivity contribution in [2.45, 2.75) is 11.6 Å². The van der Waals surface area contributed by atoms with E-state index < -0.39 is 0 Å². The molecular formula is C16H18Cl2N3S-. The maximum Gasteiger partial charge on any atom is 0.187 e. The lowest BCUT2D eigenvalue weighted by molar-refractivity contribution is -0.00000421. The molecule has 0 bridgehead atoms. The van der Waals surface area contributed by atoms with Crippen molar-refractivity contribution in [1.29, 1.82) is 0 Å². The molecule has 1 N–H and O–H groups in total. The van der Waals surface area contributed by atoms with Gasteiger partial charge in [-0.15, -0.1) is 0 Å². The Morgan fingerprint density at radius 1 is 1.14 bits per heavy atom. The second-order valence-electron chi connectivity index (χ2n) is 4.39. The molecule has 0 atom stereocenters. The molecule has 22 heavy (non-hydrogen) atoms. The average molecular weight is 355 g/mol. The van der Waals surface area contributed by atoms with Crippen LogP contribution in [0, 0.1) is 0 Å². The zero-order chi connectivity index (χ0) is 14.8. The largest absolute Gasteiger partial charge is 1.00 e. The van der Waals surface area contributed by atoms with Gasteiger partial charge in [0.1, 0.15) is 0 Å². The molecule has 1 aromatic heterocycles. The maximum absolute atomic E-state index is 5.84. The number of hydrogen-bond donors (Lipinski definition) is 1. The van der Waals surface area contributed by atoms with Crippen LogP contribution in [0.5, 0.6) is 0 Å². The SMILES string of the molecule is Clc1ccc(/C=C/CNCCCSc2ncccn2)cc1.[Cl-]. The number of benzene rings is 1. The van der Waals surface area contributed by atoms with Crippen LogP contribution in [0.2, 0.25) is 5.02 Å². The molecule has 0 amide bonds. The lowest BCUT2D eigenvalue weighted by Crippen LogP contribution is -3.00. The Bertz CT molecular complexity index is 547. The molecule has 0 aliphatic rings. The van der Waals surface area contributed by atoms with E-state index in [4.69, 9.17) is 11.6 Å². The van der Waals surface area contributed by atoms with E-state index in [1.165, 1.54) is 0 Å². The minimum Gasteiger partial charge on any atom is -1.00 e. The van der Waals surface area contributed by atoms with Crippen molar-refractivity contribution in [3.05, 3.63) is 59.4 Å². The van der Waals surface area contributed by atoms with Crippen molar-refractivity contribution < 1.29 is 12.4 Å². The highest BCUT2D eigenvalue weighted by molar-refractivity contribution is 7.99. The fourth-order valence-corrected chi connectivity index (χ4v) is 2.54. The first-order chi connectivity index (χ1) is 10.3. The zero-order valence-corrected chi connectivity index (χ0v) is 14.4. The van der Waals surface area contributed by atoms with Gasteiger partial charge in [0.05, 0.1) is 0 Å². The molecule has 0 aliphatic heterocycles. The smallest absolute Gasteiger partial charge is 0.187 e. The first-order valence-electron chi connectivity index (χ1n) is 6.87.